The molecule has 8 nitrogen and oxygen atoms in total. The quantitative estimate of drug-likeness (QED) is 0.498. The Morgan fingerprint density at radius 1 is 1.11 bits per heavy atom. The predicted octanol–water partition coefficient (Wildman–Crippen LogP) is 0.108. The zero-order valence-electron chi connectivity index (χ0n) is 10.8. The first-order valence-electron chi connectivity index (χ1n) is 5.50. The first kappa shape index (κ1) is 18.3. The van der Waals surface area contributed by atoms with Crippen LogP contribution in [0, 0.1) is 5.92 Å². The van der Waals surface area contributed by atoms with Crippen molar-refractivity contribution in [2.45, 2.75) is 37.7 Å². The third-order valence-corrected chi connectivity index (χ3v) is 5.25. The smallest absolute Gasteiger partial charge is 0.310 e. The molecular weight excluding hydrogens is 300 g/mol. The molecule has 3 atom stereocenters. The Bertz CT molecular complexity index is 506. The van der Waals surface area contributed by atoms with Crippen LogP contribution in [0.2, 0.25) is 0 Å². The molecule has 0 radical (unpaired) electrons. The summed E-state index contributed by atoms with van der Waals surface area (Å²) in [6.07, 6.45) is -0.613. The minimum Gasteiger partial charge on any atom is -0.466 e. The number of carbonyl (C=O) groups excluding carboxylic acids is 1. The molecule has 0 rings (SSSR count). The molecule has 114 valence electrons. The average molecular weight is 318 g/mol. The Kier molecular flexibility index (Phi) is 6.39. The topological polar surface area (TPSA) is 135 Å². The van der Waals surface area contributed by atoms with E-state index in [4.69, 9.17) is 9.11 Å². The molecule has 2 N–H and O–H groups in total. The van der Waals surface area contributed by atoms with E-state index in [0.29, 0.717) is 0 Å². The molecule has 10 heteroatoms. The molecule has 0 aliphatic carbocycles. The van der Waals surface area contributed by atoms with Crippen LogP contribution in [0.1, 0.15) is 27.2 Å². The maximum absolute atomic E-state index is 11.5. The van der Waals surface area contributed by atoms with Gasteiger partial charge in [-0.1, -0.05) is 6.92 Å². The van der Waals surface area contributed by atoms with E-state index in [0.717, 1.165) is 6.92 Å². The van der Waals surface area contributed by atoms with Crippen LogP contribution in [0.3, 0.4) is 0 Å². The number of ether oxygens (including phenoxy) is 1. The average Bonchev–Trinajstić information content (AvgIpc) is 2.21. The van der Waals surface area contributed by atoms with Crippen molar-refractivity contribution in [1.82, 2.24) is 0 Å². The van der Waals surface area contributed by atoms with Crippen LogP contribution in [0.5, 0.6) is 0 Å². The Labute approximate surface area is 112 Å². The molecule has 0 aromatic heterocycles. The highest BCUT2D eigenvalue weighted by atomic mass is 32.2. The zero-order valence-corrected chi connectivity index (χ0v) is 12.4. The number of esters is 1. The van der Waals surface area contributed by atoms with Gasteiger partial charge in [0, 0.05) is 0 Å². The van der Waals surface area contributed by atoms with Gasteiger partial charge in [-0.2, -0.15) is 16.8 Å². The lowest BCUT2D eigenvalue weighted by Crippen LogP contribution is -2.37. The van der Waals surface area contributed by atoms with Crippen LogP contribution < -0.4 is 0 Å². The standard InChI is InChI=1S/C9H18O8S2/c1-4-17-9(10)7(3)8(19(14,15)16)5-6(2)18(11,12)13/h6-8H,4-5H2,1-3H3,(H,11,12,13)(H,14,15,16). The lowest BCUT2D eigenvalue weighted by Gasteiger charge is -2.21. The van der Waals surface area contributed by atoms with Gasteiger partial charge in [0.2, 0.25) is 0 Å². The van der Waals surface area contributed by atoms with Crippen molar-refractivity contribution in [2.24, 2.45) is 5.92 Å². The van der Waals surface area contributed by atoms with Gasteiger partial charge in [-0.15, -0.1) is 0 Å². The van der Waals surface area contributed by atoms with E-state index >= 15 is 0 Å². The molecule has 3 unspecified atom stereocenters. The summed E-state index contributed by atoms with van der Waals surface area (Å²) in [6.45, 7) is 3.82. The van der Waals surface area contributed by atoms with E-state index < -0.39 is 49.0 Å². The predicted molar refractivity (Wildman–Crippen MR) is 66.8 cm³/mol. The van der Waals surface area contributed by atoms with Crippen molar-refractivity contribution in [3.63, 3.8) is 0 Å². The lowest BCUT2D eigenvalue weighted by molar-refractivity contribution is -0.147. The van der Waals surface area contributed by atoms with Gasteiger partial charge in [0.15, 0.2) is 0 Å². The fraction of sp³-hybridized carbons (Fsp3) is 0.889. The number of carbonyl (C=O) groups is 1. The summed E-state index contributed by atoms with van der Waals surface area (Å²) in [6, 6.07) is 0. The summed E-state index contributed by atoms with van der Waals surface area (Å²) in [5, 5.41) is -3.10. The van der Waals surface area contributed by atoms with Gasteiger partial charge >= 0.3 is 5.97 Å². The van der Waals surface area contributed by atoms with Gasteiger partial charge in [0.05, 0.1) is 17.8 Å². The maximum Gasteiger partial charge on any atom is 0.310 e. The van der Waals surface area contributed by atoms with E-state index in [1.165, 1.54) is 13.8 Å². The third kappa shape index (κ3) is 5.85. The highest BCUT2D eigenvalue weighted by molar-refractivity contribution is 7.87. The van der Waals surface area contributed by atoms with E-state index in [2.05, 4.69) is 4.74 Å². The fourth-order valence-corrected chi connectivity index (χ4v) is 3.19. The van der Waals surface area contributed by atoms with Crippen LogP contribution in [-0.2, 0) is 29.8 Å². The van der Waals surface area contributed by atoms with Crippen molar-refractivity contribution in [1.29, 1.82) is 0 Å². The molecule has 0 heterocycles. The summed E-state index contributed by atoms with van der Waals surface area (Å²) < 4.78 is 66.7. The van der Waals surface area contributed by atoms with Gasteiger partial charge in [0.25, 0.3) is 20.2 Å². The first-order valence-corrected chi connectivity index (χ1v) is 8.51. The zero-order chi connectivity index (χ0) is 15.4. The molecule has 0 aromatic carbocycles. The second-order valence-corrected chi connectivity index (χ2v) is 7.63. The molecular formula is C9H18O8S2. The lowest BCUT2D eigenvalue weighted by atomic mass is 10.0. The van der Waals surface area contributed by atoms with Crippen molar-refractivity contribution in [2.75, 3.05) is 6.61 Å². The van der Waals surface area contributed by atoms with Crippen LogP contribution in [0.15, 0.2) is 0 Å². The van der Waals surface area contributed by atoms with E-state index in [1.807, 2.05) is 0 Å². The largest absolute Gasteiger partial charge is 0.466 e. The second-order valence-electron chi connectivity index (χ2n) is 4.16. The third-order valence-electron chi connectivity index (χ3n) is 2.67. The van der Waals surface area contributed by atoms with Gasteiger partial charge in [-0.3, -0.25) is 13.9 Å². The molecule has 0 bridgehead atoms. The molecule has 0 saturated carbocycles. The SMILES string of the molecule is CCOC(=O)C(C)C(CC(C)S(=O)(=O)O)S(=O)(=O)O. The summed E-state index contributed by atoms with van der Waals surface area (Å²) in [7, 11) is -9.12. The van der Waals surface area contributed by atoms with E-state index in [1.54, 1.807) is 0 Å². The Balaban J connectivity index is 5.21. The fourth-order valence-electron chi connectivity index (χ4n) is 1.46. The minimum absolute atomic E-state index is 0.0230. The second kappa shape index (κ2) is 6.64. The highest BCUT2D eigenvalue weighted by Gasteiger charge is 2.38. The van der Waals surface area contributed by atoms with Crippen LogP contribution in [-0.4, -0.2) is 49.0 Å². The summed E-state index contributed by atoms with van der Waals surface area (Å²) in [5.74, 6) is -2.12. The van der Waals surface area contributed by atoms with Crippen LogP contribution >= 0.6 is 0 Å². The van der Waals surface area contributed by atoms with Crippen molar-refractivity contribution >= 4 is 26.2 Å². The Morgan fingerprint density at radius 2 is 1.58 bits per heavy atom. The highest BCUT2D eigenvalue weighted by Crippen LogP contribution is 2.21. The molecule has 0 spiro atoms. The van der Waals surface area contributed by atoms with Gasteiger partial charge < -0.3 is 4.74 Å². The van der Waals surface area contributed by atoms with Gasteiger partial charge in [-0.25, -0.2) is 0 Å². The molecule has 0 aromatic rings. The summed E-state index contributed by atoms with van der Waals surface area (Å²) in [4.78, 5) is 11.5. The Morgan fingerprint density at radius 3 is 1.89 bits per heavy atom. The van der Waals surface area contributed by atoms with Crippen molar-refractivity contribution < 1.29 is 35.5 Å². The molecule has 0 aliphatic heterocycles. The summed E-state index contributed by atoms with van der Waals surface area (Å²) >= 11 is 0. The van der Waals surface area contributed by atoms with Crippen LogP contribution in [0.4, 0.5) is 0 Å². The van der Waals surface area contributed by atoms with Crippen LogP contribution in [0.25, 0.3) is 0 Å². The maximum atomic E-state index is 11.5. The van der Waals surface area contributed by atoms with Crippen molar-refractivity contribution in [3.05, 3.63) is 0 Å². The van der Waals surface area contributed by atoms with Gasteiger partial charge in [0.1, 0.15) is 5.25 Å². The minimum atomic E-state index is -4.66. The number of hydrogen-bond donors (Lipinski definition) is 2. The molecule has 0 amide bonds. The molecule has 0 aliphatic rings. The normalized spacial score (nSPS) is 17.5. The number of hydrogen-bond acceptors (Lipinski definition) is 6. The molecule has 19 heavy (non-hydrogen) atoms. The number of rotatable bonds is 7. The molecule has 0 saturated heterocycles. The monoisotopic (exact) mass is 318 g/mol. The van der Waals surface area contributed by atoms with Crippen molar-refractivity contribution in [3.8, 4) is 0 Å². The van der Waals surface area contributed by atoms with E-state index in [9.17, 15) is 21.6 Å². The van der Waals surface area contributed by atoms with Gasteiger partial charge in [-0.05, 0) is 20.3 Å². The molecule has 0 fully saturated rings. The van der Waals surface area contributed by atoms with E-state index in [-0.39, 0.29) is 6.61 Å². The summed E-state index contributed by atoms with van der Waals surface area (Å²) in [5.41, 5.74) is 0. The Hall–Kier alpha value is -0.710. The first-order chi connectivity index (χ1) is 8.41.